The van der Waals surface area contributed by atoms with E-state index < -0.39 is 18.5 Å². The maximum Gasteiger partial charge on any atom is 0.340 e. The van der Waals surface area contributed by atoms with Crippen molar-refractivity contribution in [2.24, 2.45) is 0 Å². The number of carbonyl (C=O) groups excluding carboxylic acids is 2. The summed E-state index contributed by atoms with van der Waals surface area (Å²) in [7, 11) is 0. The molecule has 1 aliphatic carbocycles. The zero-order valence-corrected chi connectivity index (χ0v) is 17.0. The predicted octanol–water partition coefficient (Wildman–Crippen LogP) is 4.07. The molecule has 1 N–H and O–H groups in total. The summed E-state index contributed by atoms with van der Waals surface area (Å²) in [5, 5.41) is 13.5. The molecule has 0 spiro atoms. The van der Waals surface area contributed by atoms with Crippen LogP contribution in [0.2, 0.25) is 0 Å². The summed E-state index contributed by atoms with van der Waals surface area (Å²) >= 11 is 1.43. The molecule has 0 aliphatic heterocycles. The number of anilines is 1. The van der Waals surface area contributed by atoms with Gasteiger partial charge in [-0.05, 0) is 50.3 Å². The van der Waals surface area contributed by atoms with Crippen molar-refractivity contribution in [3.63, 3.8) is 0 Å². The van der Waals surface area contributed by atoms with Gasteiger partial charge in [0.25, 0.3) is 5.91 Å². The van der Waals surface area contributed by atoms with Gasteiger partial charge in [-0.15, -0.1) is 11.3 Å². The Hall–Kier alpha value is -3.24. The maximum absolute atomic E-state index is 12.6. The number of benzene rings is 1. The summed E-state index contributed by atoms with van der Waals surface area (Å²) in [4.78, 5) is 30.6. The molecule has 2 heterocycles. The van der Waals surface area contributed by atoms with Gasteiger partial charge in [-0.1, -0.05) is 18.2 Å². The molecule has 0 radical (unpaired) electrons. The molecule has 0 unspecified atom stereocenters. The average molecular weight is 405 g/mol. The van der Waals surface area contributed by atoms with Gasteiger partial charge in [0.05, 0.1) is 22.3 Å². The highest BCUT2D eigenvalue weighted by Gasteiger charge is 2.24. The zero-order valence-electron chi connectivity index (χ0n) is 16.2. The molecule has 6 nitrogen and oxygen atoms in total. The number of aryl methyl sites for hydroxylation is 3. The van der Waals surface area contributed by atoms with Crippen LogP contribution in [0.3, 0.4) is 0 Å². The average Bonchev–Trinajstić information content (AvgIpc) is 3.27. The minimum Gasteiger partial charge on any atom is -0.452 e. The quantitative estimate of drug-likeness (QED) is 0.661. The first kappa shape index (κ1) is 19.1. The predicted molar refractivity (Wildman–Crippen MR) is 111 cm³/mol. The number of ether oxygens (including phenoxy) is 1. The van der Waals surface area contributed by atoms with E-state index in [1.807, 2.05) is 31.2 Å². The van der Waals surface area contributed by atoms with E-state index in [9.17, 15) is 14.9 Å². The van der Waals surface area contributed by atoms with E-state index in [4.69, 9.17) is 4.74 Å². The van der Waals surface area contributed by atoms with E-state index in [2.05, 4.69) is 16.4 Å². The summed E-state index contributed by atoms with van der Waals surface area (Å²) in [6, 6.07) is 9.76. The van der Waals surface area contributed by atoms with Crippen molar-refractivity contribution < 1.29 is 14.3 Å². The normalized spacial score (nSPS) is 12.4. The van der Waals surface area contributed by atoms with Crippen LogP contribution in [0.15, 0.2) is 24.3 Å². The summed E-state index contributed by atoms with van der Waals surface area (Å²) in [6.45, 7) is 3.18. The Morgan fingerprint density at radius 2 is 2.07 bits per heavy atom. The number of hydrogen-bond acceptors (Lipinski definition) is 6. The number of amides is 1. The van der Waals surface area contributed by atoms with E-state index in [1.165, 1.54) is 11.3 Å². The number of nitriles is 1. The van der Waals surface area contributed by atoms with Crippen molar-refractivity contribution in [1.82, 2.24) is 4.98 Å². The molecule has 29 heavy (non-hydrogen) atoms. The lowest BCUT2D eigenvalue weighted by atomic mass is 10.0. The lowest BCUT2D eigenvalue weighted by molar-refractivity contribution is -0.119. The van der Waals surface area contributed by atoms with Crippen molar-refractivity contribution in [2.75, 3.05) is 11.9 Å². The summed E-state index contributed by atoms with van der Waals surface area (Å²) in [5.41, 5.74) is 4.11. The van der Waals surface area contributed by atoms with Crippen LogP contribution in [-0.2, 0) is 22.4 Å². The topological polar surface area (TPSA) is 92.1 Å². The van der Waals surface area contributed by atoms with Gasteiger partial charge in [0.2, 0.25) is 0 Å². The third kappa shape index (κ3) is 3.47. The molecule has 1 aromatic carbocycles. The standard InChI is InChI=1S/C22H19N3O3S/c1-12-14-6-3-4-8-17(14)24-13(2)20(12)22(27)28-11-19(26)25-21-16(10-23)15-7-5-9-18(15)29-21/h3-4,6,8H,5,7,9,11H2,1-2H3,(H,25,26). The fourth-order valence-electron chi connectivity index (χ4n) is 3.81. The number of esters is 1. The molecule has 0 saturated carbocycles. The second-order valence-corrected chi connectivity index (χ2v) is 8.12. The Balaban J connectivity index is 1.47. The Labute approximate surface area is 172 Å². The molecule has 1 amide bonds. The SMILES string of the molecule is Cc1nc2ccccc2c(C)c1C(=O)OCC(=O)Nc1sc2c(c1C#N)CCC2. The number of nitrogens with one attached hydrogen (secondary N) is 1. The highest BCUT2D eigenvalue weighted by molar-refractivity contribution is 7.16. The molecule has 3 aromatic rings. The van der Waals surface area contributed by atoms with E-state index in [-0.39, 0.29) is 0 Å². The number of pyridine rings is 1. The van der Waals surface area contributed by atoms with Gasteiger partial charge in [-0.25, -0.2) is 4.79 Å². The Morgan fingerprint density at radius 3 is 2.86 bits per heavy atom. The molecular weight excluding hydrogens is 386 g/mol. The van der Waals surface area contributed by atoms with Crippen LogP contribution in [0.25, 0.3) is 10.9 Å². The number of para-hydroxylation sites is 1. The molecule has 2 aromatic heterocycles. The van der Waals surface area contributed by atoms with Crippen molar-refractivity contribution >= 4 is 39.1 Å². The molecule has 0 bridgehead atoms. The largest absolute Gasteiger partial charge is 0.452 e. The van der Waals surface area contributed by atoms with Gasteiger partial charge < -0.3 is 10.1 Å². The number of fused-ring (bicyclic) bond motifs is 2. The van der Waals surface area contributed by atoms with E-state index in [0.717, 1.165) is 46.2 Å². The van der Waals surface area contributed by atoms with Gasteiger partial charge >= 0.3 is 5.97 Å². The second kappa shape index (κ2) is 7.64. The molecule has 146 valence electrons. The first-order valence-corrected chi connectivity index (χ1v) is 10.2. The van der Waals surface area contributed by atoms with Crippen molar-refractivity contribution in [3.05, 3.63) is 57.1 Å². The van der Waals surface area contributed by atoms with E-state index >= 15 is 0 Å². The first-order chi connectivity index (χ1) is 14.0. The van der Waals surface area contributed by atoms with Crippen LogP contribution in [-0.4, -0.2) is 23.5 Å². The van der Waals surface area contributed by atoms with Crippen LogP contribution in [0.4, 0.5) is 5.00 Å². The lowest BCUT2D eigenvalue weighted by Crippen LogP contribution is -2.22. The molecule has 0 fully saturated rings. The molecule has 7 heteroatoms. The van der Waals surface area contributed by atoms with E-state index in [0.29, 0.717) is 21.8 Å². The molecule has 0 saturated heterocycles. The summed E-state index contributed by atoms with van der Waals surface area (Å²) in [6.07, 6.45) is 2.85. The number of aromatic nitrogens is 1. The number of thiophene rings is 1. The van der Waals surface area contributed by atoms with Crippen LogP contribution >= 0.6 is 11.3 Å². The Bertz CT molecular complexity index is 1190. The van der Waals surface area contributed by atoms with Gasteiger partial charge in [0.15, 0.2) is 6.61 Å². The highest BCUT2D eigenvalue weighted by Crippen LogP contribution is 2.38. The monoisotopic (exact) mass is 405 g/mol. The van der Waals surface area contributed by atoms with Crippen LogP contribution in [0.1, 0.15) is 44.0 Å². The Morgan fingerprint density at radius 1 is 1.28 bits per heavy atom. The summed E-state index contributed by atoms with van der Waals surface area (Å²) in [5.74, 6) is -1.04. The van der Waals surface area contributed by atoms with Crippen LogP contribution in [0.5, 0.6) is 0 Å². The molecule has 4 rings (SSSR count). The van der Waals surface area contributed by atoms with Gasteiger partial charge in [-0.2, -0.15) is 5.26 Å². The van der Waals surface area contributed by atoms with E-state index in [1.54, 1.807) is 6.92 Å². The smallest absolute Gasteiger partial charge is 0.340 e. The maximum atomic E-state index is 12.6. The van der Waals surface area contributed by atoms with Crippen LogP contribution in [0, 0.1) is 25.2 Å². The van der Waals surface area contributed by atoms with Gasteiger partial charge in [0, 0.05) is 10.3 Å². The van der Waals surface area contributed by atoms with Crippen molar-refractivity contribution in [1.29, 1.82) is 5.26 Å². The van der Waals surface area contributed by atoms with Gasteiger partial charge in [0.1, 0.15) is 11.1 Å². The zero-order chi connectivity index (χ0) is 20.5. The number of hydrogen-bond donors (Lipinski definition) is 1. The van der Waals surface area contributed by atoms with Crippen molar-refractivity contribution in [2.45, 2.75) is 33.1 Å². The fraction of sp³-hybridized carbons (Fsp3) is 0.273. The number of carbonyl (C=O) groups is 2. The third-order valence-electron chi connectivity index (χ3n) is 5.16. The van der Waals surface area contributed by atoms with Crippen molar-refractivity contribution in [3.8, 4) is 6.07 Å². The lowest BCUT2D eigenvalue weighted by Gasteiger charge is -2.12. The third-order valence-corrected chi connectivity index (χ3v) is 6.36. The molecule has 0 atom stereocenters. The minimum atomic E-state index is -0.581. The number of rotatable bonds is 4. The summed E-state index contributed by atoms with van der Waals surface area (Å²) < 4.78 is 5.25. The minimum absolute atomic E-state index is 0.379. The van der Waals surface area contributed by atoms with Crippen LogP contribution < -0.4 is 5.32 Å². The van der Waals surface area contributed by atoms with Gasteiger partial charge in [-0.3, -0.25) is 9.78 Å². The molecule has 1 aliphatic rings. The first-order valence-electron chi connectivity index (χ1n) is 9.37. The highest BCUT2D eigenvalue weighted by atomic mass is 32.1. The Kier molecular flexibility index (Phi) is 5.03. The fourth-order valence-corrected chi connectivity index (χ4v) is 5.06. The molecular formula is C22H19N3O3S. The number of nitrogens with zero attached hydrogens (tertiary/aromatic N) is 2. The second-order valence-electron chi connectivity index (χ2n) is 7.01.